The van der Waals surface area contributed by atoms with Crippen molar-refractivity contribution in [1.29, 1.82) is 5.26 Å². The first-order valence-corrected chi connectivity index (χ1v) is 4.71. The fourth-order valence-corrected chi connectivity index (χ4v) is 1.58. The summed E-state index contributed by atoms with van der Waals surface area (Å²) >= 11 is 5.74. The predicted molar refractivity (Wildman–Crippen MR) is 54.9 cm³/mol. The van der Waals surface area contributed by atoms with E-state index in [1.165, 1.54) is 0 Å². The summed E-state index contributed by atoms with van der Waals surface area (Å²) in [5.74, 6) is -0.718. The third-order valence-electron chi connectivity index (χ3n) is 2.33. The van der Waals surface area contributed by atoms with Gasteiger partial charge in [0.2, 0.25) is 0 Å². The van der Waals surface area contributed by atoms with E-state index in [-0.39, 0.29) is 10.9 Å². The van der Waals surface area contributed by atoms with E-state index in [2.05, 4.69) is 6.07 Å². The second-order valence-corrected chi connectivity index (χ2v) is 3.76. The molecule has 74 valence electrons. The minimum absolute atomic E-state index is 0.149. The molecule has 14 heavy (non-hydrogen) atoms. The van der Waals surface area contributed by atoms with Crippen LogP contribution in [0, 0.1) is 31.0 Å². The van der Waals surface area contributed by atoms with Crippen LogP contribution in [0.1, 0.15) is 29.5 Å². The Labute approximate surface area is 88.1 Å². The van der Waals surface area contributed by atoms with Gasteiger partial charge in [-0.05, 0) is 37.5 Å². The maximum atomic E-state index is 13.5. The normalized spacial score (nSPS) is 12.3. The monoisotopic (exact) mass is 211 g/mol. The summed E-state index contributed by atoms with van der Waals surface area (Å²) in [7, 11) is 0. The van der Waals surface area contributed by atoms with Crippen LogP contribution >= 0.6 is 11.6 Å². The average molecular weight is 212 g/mol. The van der Waals surface area contributed by atoms with Crippen LogP contribution in [0.3, 0.4) is 0 Å². The highest BCUT2D eigenvalue weighted by atomic mass is 35.5. The molecule has 0 amide bonds. The van der Waals surface area contributed by atoms with E-state index in [9.17, 15) is 4.39 Å². The topological polar surface area (TPSA) is 23.8 Å². The number of hydrogen-bond donors (Lipinski definition) is 0. The average Bonchev–Trinajstić information content (AvgIpc) is 2.19. The highest BCUT2D eigenvalue weighted by Gasteiger charge is 2.15. The number of halogens is 2. The maximum Gasteiger partial charge on any atom is 0.145 e. The van der Waals surface area contributed by atoms with Crippen molar-refractivity contribution in [3.63, 3.8) is 0 Å². The molecule has 0 heterocycles. The quantitative estimate of drug-likeness (QED) is 0.695. The van der Waals surface area contributed by atoms with Gasteiger partial charge in [0.05, 0.1) is 17.0 Å². The molecule has 0 aliphatic carbocycles. The fourth-order valence-electron chi connectivity index (χ4n) is 1.39. The summed E-state index contributed by atoms with van der Waals surface area (Å²) in [5.41, 5.74) is 1.86. The lowest BCUT2D eigenvalue weighted by Gasteiger charge is -2.11. The molecule has 1 nitrogen and oxygen atoms in total. The Morgan fingerprint density at radius 1 is 1.50 bits per heavy atom. The lowest BCUT2D eigenvalue weighted by Crippen LogP contribution is -1.99. The molecule has 0 N–H and O–H groups in total. The van der Waals surface area contributed by atoms with E-state index in [0.717, 1.165) is 0 Å². The van der Waals surface area contributed by atoms with Crippen molar-refractivity contribution in [2.24, 2.45) is 0 Å². The summed E-state index contributed by atoms with van der Waals surface area (Å²) in [5, 5.41) is 8.91. The molecule has 0 saturated carbocycles. The predicted octanol–water partition coefficient (Wildman–Crippen LogP) is 3.72. The summed E-state index contributed by atoms with van der Waals surface area (Å²) in [4.78, 5) is 0. The number of nitriles is 1. The van der Waals surface area contributed by atoms with E-state index >= 15 is 0 Å². The van der Waals surface area contributed by atoms with Crippen LogP contribution in [-0.2, 0) is 0 Å². The SMILES string of the molecule is Cc1cc(C(C)C#N)c(C)c(F)c1Cl. The zero-order valence-electron chi connectivity index (χ0n) is 8.36. The van der Waals surface area contributed by atoms with Gasteiger partial charge < -0.3 is 0 Å². The Morgan fingerprint density at radius 2 is 2.07 bits per heavy atom. The lowest BCUT2D eigenvalue weighted by atomic mass is 9.95. The van der Waals surface area contributed by atoms with Gasteiger partial charge in [0.1, 0.15) is 5.82 Å². The molecule has 0 aliphatic heterocycles. The minimum atomic E-state index is -0.413. The third-order valence-corrected chi connectivity index (χ3v) is 2.80. The second-order valence-electron chi connectivity index (χ2n) is 3.39. The second kappa shape index (κ2) is 3.98. The van der Waals surface area contributed by atoms with Gasteiger partial charge in [0, 0.05) is 0 Å². The largest absolute Gasteiger partial charge is 0.205 e. The van der Waals surface area contributed by atoms with Crippen molar-refractivity contribution in [3.8, 4) is 6.07 Å². The molecule has 3 heteroatoms. The lowest BCUT2D eigenvalue weighted by molar-refractivity contribution is 0.613. The van der Waals surface area contributed by atoms with Crippen LogP contribution < -0.4 is 0 Å². The molecule has 0 aromatic heterocycles. The van der Waals surface area contributed by atoms with Crippen LogP contribution in [0.25, 0.3) is 0 Å². The highest BCUT2D eigenvalue weighted by molar-refractivity contribution is 6.31. The van der Waals surface area contributed by atoms with Crippen molar-refractivity contribution < 1.29 is 4.39 Å². The van der Waals surface area contributed by atoms with Gasteiger partial charge in [-0.3, -0.25) is 0 Å². The molecule has 1 unspecified atom stereocenters. The molecular formula is C11H11ClFN. The molecule has 1 aromatic carbocycles. The summed E-state index contributed by atoms with van der Waals surface area (Å²) in [6.45, 7) is 5.12. The Morgan fingerprint density at radius 3 is 2.57 bits per heavy atom. The molecule has 0 bridgehead atoms. The molecule has 0 aliphatic rings. The first-order valence-electron chi connectivity index (χ1n) is 4.33. The van der Waals surface area contributed by atoms with Crippen LogP contribution in [0.2, 0.25) is 5.02 Å². The van der Waals surface area contributed by atoms with E-state index in [4.69, 9.17) is 16.9 Å². The zero-order chi connectivity index (χ0) is 10.9. The Kier molecular flexibility index (Phi) is 3.13. The van der Waals surface area contributed by atoms with Gasteiger partial charge in [-0.15, -0.1) is 0 Å². The van der Waals surface area contributed by atoms with Gasteiger partial charge in [0.15, 0.2) is 0 Å². The highest BCUT2D eigenvalue weighted by Crippen LogP contribution is 2.29. The number of nitrogens with zero attached hydrogens (tertiary/aromatic N) is 1. The number of hydrogen-bond acceptors (Lipinski definition) is 1. The van der Waals surface area contributed by atoms with Crippen molar-refractivity contribution >= 4 is 11.6 Å². The van der Waals surface area contributed by atoms with Crippen LogP contribution in [-0.4, -0.2) is 0 Å². The molecule has 0 saturated heterocycles. The van der Waals surface area contributed by atoms with Crippen LogP contribution in [0.5, 0.6) is 0 Å². The first-order chi connectivity index (χ1) is 6.49. The van der Waals surface area contributed by atoms with Gasteiger partial charge in [-0.25, -0.2) is 4.39 Å². The van der Waals surface area contributed by atoms with E-state index < -0.39 is 5.82 Å². The summed E-state index contributed by atoms with van der Waals surface area (Å²) in [6, 6.07) is 3.86. The zero-order valence-corrected chi connectivity index (χ0v) is 9.11. The van der Waals surface area contributed by atoms with Gasteiger partial charge in [-0.2, -0.15) is 5.26 Å². The van der Waals surface area contributed by atoms with Crippen molar-refractivity contribution in [3.05, 3.63) is 33.6 Å². The van der Waals surface area contributed by atoms with Gasteiger partial charge >= 0.3 is 0 Å². The Hall–Kier alpha value is -1.07. The molecule has 1 rings (SSSR count). The van der Waals surface area contributed by atoms with E-state index in [1.807, 2.05) is 0 Å². The standard InChI is InChI=1S/C11H11ClFN/c1-6-4-9(7(2)5-14)8(3)11(13)10(6)12/h4,7H,1-3H3. The first kappa shape index (κ1) is 11.0. The Balaban J connectivity index is 3.42. The fraction of sp³-hybridized carbons (Fsp3) is 0.364. The smallest absolute Gasteiger partial charge is 0.145 e. The van der Waals surface area contributed by atoms with Gasteiger partial charge in [0.25, 0.3) is 0 Å². The van der Waals surface area contributed by atoms with Crippen molar-refractivity contribution in [2.45, 2.75) is 26.7 Å². The number of rotatable bonds is 1. The molecule has 0 spiro atoms. The number of benzene rings is 1. The van der Waals surface area contributed by atoms with Crippen molar-refractivity contribution in [1.82, 2.24) is 0 Å². The van der Waals surface area contributed by atoms with Crippen LogP contribution in [0.4, 0.5) is 4.39 Å². The van der Waals surface area contributed by atoms with E-state index in [1.54, 1.807) is 26.8 Å². The molecule has 1 atom stereocenters. The van der Waals surface area contributed by atoms with Crippen LogP contribution in [0.15, 0.2) is 6.07 Å². The minimum Gasteiger partial charge on any atom is -0.205 e. The Bertz CT molecular complexity index is 407. The van der Waals surface area contributed by atoms with E-state index in [0.29, 0.717) is 16.7 Å². The molecule has 0 fully saturated rings. The number of aryl methyl sites for hydroxylation is 1. The molecular weight excluding hydrogens is 201 g/mol. The summed E-state index contributed by atoms with van der Waals surface area (Å²) in [6.07, 6.45) is 0. The summed E-state index contributed by atoms with van der Waals surface area (Å²) < 4.78 is 13.5. The van der Waals surface area contributed by atoms with Crippen molar-refractivity contribution in [2.75, 3.05) is 0 Å². The molecule has 0 radical (unpaired) electrons. The molecule has 1 aromatic rings. The van der Waals surface area contributed by atoms with Gasteiger partial charge in [-0.1, -0.05) is 17.7 Å². The third kappa shape index (κ3) is 1.73. The maximum absolute atomic E-state index is 13.5.